The first-order valence-electron chi connectivity index (χ1n) is 7.90. The van der Waals surface area contributed by atoms with E-state index in [1.807, 2.05) is 0 Å². The van der Waals surface area contributed by atoms with Gasteiger partial charge in [-0.15, -0.1) is 0 Å². The topological polar surface area (TPSA) is 50.8 Å². The molecule has 0 aromatic heterocycles. The first kappa shape index (κ1) is 15.7. The van der Waals surface area contributed by atoms with Crippen LogP contribution in [0.2, 0.25) is 0 Å². The number of nitrogens with zero attached hydrogens (tertiary/aromatic N) is 1. The van der Waals surface area contributed by atoms with E-state index in [1.54, 1.807) is 0 Å². The first-order chi connectivity index (χ1) is 9.72. The second-order valence-electron chi connectivity index (χ2n) is 5.91. The molecular weight excluding hydrogens is 256 g/mol. The molecule has 2 aliphatic rings. The molecular formula is C15H28N2O3. The van der Waals surface area contributed by atoms with Crippen molar-refractivity contribution in [2.24, 2.45) is 0 Å². The lowest BCUT2D eigenvalue weighted by molar-refractivity contribution is -0.144. The Morgan fingerprint density at radius 2 is 2.20 bits per heavy atom. The van der Waals surface area contributed by atoms with Crippen LogP contribution in [0.4, 0.5) is 0 Å². The van der Waals surface area contributed by atoms with Gasteiger partial charge in [-0.1, -0.05) is 6.92 Å². The van der Waals surface area contributed by atoms with Crippen molar-refractivity contribution < 1.29 is 14.3 Å². The second kappa shape index (κ2) is 7.96. The van der Waals surface area contributed by atoms with Gasteiger partial charge in [-0.2, -0.15) is 0 Å². The Morgan fingerprint density at radius 3 is 2.85 bits per heavy atom. The van der Waals surface area contributed by atoms with Gasteiger partial charge in [-0.25, -0.2) is 0 Å². The van der Waals surface area contributed by atoms with Gasteiger partial charge in [0.1, 0.15) is 6.04 Å². The molecule has 2 unspecified atom stereocenters. The van der Waals surface area contributed by atoms with Crippen molar-refractivity contribution >= 4 is 5.97 Å². The molecule has 116 valence electrons. The molecule has 0 aromatic rings. The third-order valence-electron chi connectivity index (χ3n) is 3.96. The fraction of sp³-hybridized carbons (Fsp3) is 0.933. The van der Waals surface area contributed by atoms with E-state index in [9.17, 15) is 4.79 Å². The Kier molecular flexibility index (Phi) is 6.26. The fourth-order valence-corrected chi connectivity index (χ4v) is 2.73. The molecule has 2 atom stereocenters. The molecule has 1 N–H and O–H groups in total. The van der Waals surface area contributed by atoms with Gasteiger partial charge in [0.2, 0.25) is 0 Å². The Balaban J connectivity index is 1.80. The van der Waals surface area contributed by atoms with Gasteiger partial charge in [0.15, 0.2) is 0 Å². The third kappa shape index (κ3) is 5.04. The average molecular weight is 284 g/mol. The highest BCUT2D eigenvalue weighted by Crippen LogP contribution is 2.20. The summed E-state index contributed by atoms with van der Waals surface area (Å²) >= 11 is 0. The van der Waals surface area contributed by atoms with E-state index in [0.717, 1.165) is 45.5 Å². The van der Waals surface area contributed by atoms with Crippen LogP contribution in [0.5, 0.6) is 0 Å². The number of hydrogen-bond acceptors (Lipinski definition) is 5. The lowest BCUT2D eigenvalue weighted by atomic mass is 10.1. The zero-order valence-electron chi connectivity index (χ0n) is 12.8. The van der Waals surface area contributed by atoms with Crippen LogP contribution in [0.3, 0.4) is 0 Å². The standard InChI is InChI=1S/C15H28N2O3/c1-3-9-20-13-5-4-8-17(10-13)11-14(15(18)19-2)16-12-6-7-12/h12-14,16H,3-11H2,1-2H3. The first-order valence-corrected chi connectivity index (χ1v) is 7.90. The number of ether oxygens (including phenoxy) is 2. The number of piperidine rings is 1. The highest BCUT2D eigenvalue weighted by Gasteiger charge is 2.31. The molecule has 0 aromatic carbocycles. The van der Waals surface area contributed by atoms with E-state index < -0.39 is 0 Å². The summed E-state index contributed by atoms with van der Waals surface area (Å²) in [6.07, 6.45) is 6.01. The van der Waals surface area contributed by atoms with Crippen LogP contribution in [0, 0.1) is 0 Å². The van der Waals surface area contributed by atoms with Crippen LogP contribution in [0.25, 0.3) is 0 Å². The fourth-order valence-electron chi connectivity index (χ4n) is 2.73. The van der Waals surface area contributed by atoms with Gasteiger partial charge >= 0.3 is 5.97 Å². The van der Waals surface area contributed by atoms with Crippen molar-refractivity contribution in [2.45, 2.75) is 57.2 Å². The van der Waals surface area contributed by atoms with Crippen molar-refractivity contribution in [3.05, 3.63) is 0 Å². The summed E-state index contributed by atoms with van der Waals surface area (Å²) in [5, 5.41) is 3.39. The van der Waals surface area contributed by atoms with Crippen molar-refractivity contribution in [1.82, 2.24) is 10.2 Å². The smallest absolute Gasteiger partial charge is 0.324 e. The number of methoxy groups -OCH3 is 1. The maximum absolute atomic E-state index is 11.9. The van der Waals surface area contributed by atoms with Gasteiger partial charge in [-0.05, 0) is 38.6 Å². The molecule has 1 saturated heterocycles. The largest absolute Gasteiger partial charge is 0.468 e. The summed E-state index contributed by atoms with van der Waals surface area (Å²) in [4.78, 5) is 14.2. The number of esters is 1. The van der Waals surface area contributed by atoms with Crippen molar-refractivity contribution in [2.75, 3.05) is 33.4 Å². The summed E-state index contributed by atoms with van der Waals surface area (Å²) in [6, 6.07) is 0.313. The molecule has 1 aliphatic carbocycles. The number of hydrogen-bond donors (Lipinski definition) is 1. The number of carbonyl (C=O) groups is 1. The molecule has 2 fully saturated rings. The third-order valence-corrected chi connectivity index (χ3v) is 3.96. The molecule has 5 heteroatoms. The van der Waals surface area contributed by atoms with Gasteiger partial charge in [-0.3, -0.25) is 9.69 Å². The Morgan fingerprint density at radius 1 is 1.40 bits per heavy atom. The SMILES string of the molecule is CCCOC1CCCN(CC(NC2CC2)C(=O)OC)C1. The van der Waals surface area contributed by atoms with Gasteiger partial charge in [0, 0.05) is 25.7 Å². The van der Waals surface area contributed by atoms with Crippen molar-refractivity contribution in [3.8, 4) is 0 Å². The highest BCUT2D eigenvalue weighted by atomic mass is 16.5. The van der Waals surface area contributed by atoms with E-state index in [2.05, 4.69) is 17.1 Å². The number of rotatable bonds is 8. The quantitative estimate of drug-likeness (QED) is 0.678. The molecule has 0 spiro atoms. The molecule has 0 bridgehead atoms. The van der Waals surface area contributed by atoms with Crippen LogP contribution >= 0.6 is 0 Å². The van der Waals surface area contributed by atoms with E-state index in [1.165, 1.54) is 20.0 Å². The van der Waals surface area contributed by atoms with E-state index in [4.69, 9.17) is 9.47 Å². The number of nitrogens with one attached hydrogen (secondary N) is 1. The average Bonchev–Trinajstić information content (AvgIpc) is 3.28. The van der Waals surface area contributed by atoms with E-state index in [-0.39, 0.29) is 12.0 Å². The second-order valence-corrected chi connectivity index (χ2v) is 5.91. The molecule has 5 nitrogen and oxygen atoms in total. The monoisotopic (exact) mass is 284 g/mol. The van der Waals surface area contributed by atoms with Crippen LogP contribution in [-0.4, -0.2) is 62.4 Å². The summed E-state index contributed by atoms with van der Waals surface area (Å²) in [7, 11) is 1.47. The van der Waals surface area contributed by atoms with Gasteiger partial charge in [0.05, 0.1) is 13.2 Å². The molecule has 2 rings (SSSR count). The van der Waals surface area contributed by atoms with Crippen molar-refractivity contribution in [3.63, 3.8) is 0 Å². The summed E-state index contributed by atoms with van der Waals surface area (Å²) in [5.74, 6) is -0.145. The lowest BCUT2D eigenvalue weighted by Gasteiger charge is -2.34. The van der Waals surface area contributed by atoms with E-state index in [0.29, 0.717) is 12.1 Å². The molecule has 20 heavy (non-hydrogen) atoms. The minimum absolute atomic E-state index is 0.145. The summed E-state index contributed by atoms with van der Waals surface area (Å²) in [6.45, 7) is 5.67. The highest BCUT2D eigenvalue weighted by molar-refractivity contribution is 5.76. The summed E-state index contributed by atoms with van der Waals surface area (Å²) < 4.78 is 10.8. The van der Waals surface area contributed by atoms with Crippen LogP contribution < -0.4 is 5.32 Å². The van der Waals surface area contributed by atoms with Crippen LogP contribution in [0.15, 0.2) is 0 Å². The van der Waals surface area contributed by atoms with Gasteiger partial charge in [0.25, 0.3) is 0 Å². The predicted molar refractivity (Wildman–Crippen MR) is 77.7 cm³/mol. The predicted octanol–water partition coefficient (Wildman–Crippen LogP) is 1.17. The van der Waals surface area contributed by atoms with Crippen LogP contribution in [-0.2, 0) is 14.3 Å². The molecule has 0 amide bonds. The number of likely N-dealkylation sites (tertiary alicyclic amines) is 1. The molecule has 0 radical (unpaired) electrons. The van der Waals surface area contributed by atoms with E-state index >= 15 is 0 Å². The minimum atomic E-state index is -0.197. The maximum Gasteiger partial charge on any atom is 0.324 e. The Hall–Kier alpha value is -0.650. The van der Waals surface area contributed by atoms with Crippen LogP contribution in [0.1, 0.15) is 39.0 Å². The Labute approximate surface area is 122 Å². The number of carbonyl (C=O) groups excluding carboxylic acids is 1. The summed E-state index contributed by atoms with van der Waals surface area (Å²) in [5.41, 5.74) is 0. The minimum Gasteiger partial charge on any atom is -0.468 e. The Bertz CT molecular complexity index is 307. The molecule has 1 aliphatic heterocycles. The zero-order chi connectivity index (χ0) is 14.4. The molecule has 1 saturated carbocycles. The lowest BCUT2D eigenvalue weighted by Crippen LogP contribution is -2.51. The zero-order valence-corrected chi connectivity index (χ0v) is 12.8. The van der Waals surface area contributed by atoms with Crippen molar-refractivity contribution in [1.29, 1.82) is 0 Å². The normalized spacial score (nSPS) is 25.4. The van der Waals surface area contributed by atoms with Gasteiger partial charge < -0.3 is 14.8 Å². The maximum atomic E-state index is 11.9. The molecule has 1 heterocycles.